The fourth-order valence-corrected chi connectivity index (χ4v) is 1.31. The van der Waals surface area contributed by atoms with E-state index in [0.717, 1.165) is 5.56 Å². The lowest BCUT2D eigenvalue weighted by Gasteiger charge is -2.05. The molecule has 0 aliphatic rings. The molecule has 0 spiro atoms. The van der Waals surface area contributed by atoms with E-state index in [1.165, 1.54) is 0 Å². The molecule has 1 aromatic rings. The summed E-state index contributed by atoms with van der Waals surface area (Å²) in [6.07, 6.45) is 0. The van der Waals surface area contributed by atoms with Gasteiger partial charge in [-0.1, -0.05) is 17.7 Å². The number of aromatic carboxylic acids is 1. The van der Waals surface area contributed by atoms with Gasteiger partial charge in [0, 0.05) is 5.02 Å². The average Bonchev–Trinajstić information content (AvgIpc) is 1.97. The SMILES string of the molecule is Cc1ccc(Cl)c(C)c1C(=O)O. The molecule has 64 valence electrons. The summed E-state index contributed by atoms with van der Waals surface area (Å²) in [4.78, 5) is 10.7. The van der Waals surface area contributed by atoms with E-state index in [2.05, 4.69) is 0 Å². The fourth-order valence-electron chi connectivity index (χ4n) is 1.15. The lowest BCUT2D eigenvalue weighted by Crippen LogP contribution is -2.02. The molecule has 0 fully saturated rings. The Morgan fingerprint density at radius 1 is 1.42 bits per heavy atom. The number of benzene rings is 1. The van der Waals surface area contributed by atoms with Crippen molar-refractivity contribution in [3.05, 3.63) is 33.8 Å². The first-order valence-corrected chi connectivity index (χ1v) is 3.91. The van der Waals surface area contributed by atoms with Crippen molar-refractivity contribution in [2.24, 2.45) is 0 Å². The van der Waals surface area contributed by atoms with Crippen LogP contribution < -0.4 is 0 Å². The van der Waals surface area contributed by atoms with Crippen molar-refractivity contribution in [2.45, 2.75) is 13.8 Å². The summed E-state index contributed by atoms with van der Waals surface area (Å²) >= 11 is 5.77. The van der Waals surface area contributed by atoms with E-state index >= 15 is 0 Å². The van der Waals surface area contributed by atoms with E-state index in [-0.39, 0.29) is 0 Å². The maximum Gasteiger partial charge on any atom is 0.336 e. The molecule has 1 aromatic carbocycles. The second-order valence-corrected chi connectivity index (χ2v) is 3.08. The van der Waals surface area contributed by atoms with Crippen molar-refractivity contribution in [2.75, 3.05) is 0 Å². The van der Waals surface area contributed by atoms with Crippen molar-refractivity contribution >= 4 is 17.6 Å². The third-order valence-corrected chi connectivity index (χ3v) is 2.23. The smallest absolute Gasteiger partial charge is 0.336 e. The first kappa shape index (κ1) is 9.07. The summed E-state index contributed by atoms with van der Waals surface area (Å²) in [5.74, 6) is -0.924. The molecule has 1 N–H and O–H groups in total. The van der Waals surface area contributed by atoms with E-state index in [4.69, 9.17) is 16.7 Å². The molecule has 0 aliphatic carbocycles. The number of carboxylic acid groups (broad SMARTS) is 1. The number of aryl methyl sites for hydroxylation is 1. The lowest BCUT2D eigenvalue weighted by molar-refractivity contribution is 0.0695. The van der Waals surface area contributed by atoms with Crippen LogP contribution in [0.3, 0.4) is 0 Å². The van der Waals surface area contributed by atoms with Gasteiger partial charge in [-0.2, -0.15) is 0 Å². The molecule has 12 heavy (non-hydrogen) atoms. The van der Waals surface area contributed by atoms with E-state index in [0.29, 0.717) is 16.1 Å². The first-order valence-electron chi connectivity index (χ1n) is 3.53. The molecule has 0 atom stereocenters. The number of rotatable bonds is 1. The van der Waals surface area contributed by atoms with Crippen molar-refractivity contribution in [3.8, 4) is 0 Å². The van der Waals surface area contributed by atoms with Crippen LogP contribution in [-0.2, 0) is 0 Å². The number of halogens is 1. The van der Waals surface area contributed by atoms with E-state index in [1.54, 1.807) is 26.0 Å². The largest absolute Gasteiger partial charge is 0.478 e. The van der Waals surface area contributed by atoms with Gasteiger partial charge in [0.25, 0.3) is 0 Å². The summed E-state index contributed by atoms with van der Waals surface area (Å²) in [6, 6.07) is 3.41. The summed E-state index contributed by atoms with van der Waals surface area (Å²) in [5.41, 5.74) is 1.68. The minimum Gasteiger partial charge on any atom is -0.478 e. The zero-order valence-electron chi connectivity index (χ0n) is 6.89. The number of hydrogen-bond acceptors (Lipinski definition) is 1. The Labute approximate surface area is 75.8 Å². The Morgan fingerprint density at radius 2 is 2.00 bits per heavy atom. The topological polar surface area (TPSA) is 37.3 Å². The molecule has 2 nitrogen and oxygen atoms in total. The Kier molecular flexibility index (Phi) is 2.38. The van der Waals surface area contributed by atoms with E-state index in [1.807, 2.05) is 0 Å². The molecule has 0 aromatic heterocycles. The predicted octanol–water partition coefficient (Wildman–Crippen LogP) is 2.66. The molecular formula is C9H9ClO2. The number of carbonyl (C=O) groups is 1. The van der Waals surface area contributed by atoms with Gasteiger partial charge in [0.1, 0.15) is 0 Å². The van der Waals surface area contributed by atoms with Crippen molar-refractivity contribution in [1.29, 1.82) is 0 Å². The minimum absolute atomic E-state index is 0.308. The molecular weight excluding hydrogens is 176 g/mol. The Morgan fingerprint density at radius 3 is 2.42 bits per heavy atom. The van der Waals surface area contributed by atoms with Crippen LogP contribution in [0.1, 0.15) is 21.5 Å². The summed E-state index contributed by atoms with van der Waals surface area (Å²) < 4.78 is 0. The summed E-state index contributed by atoms with van der Waals surface area (Å²) in [5, 5.41) is 9.31. The van der Waals surface area contributed by atoms with E-state index in [9.17, 15) is 4.79 Å². The van der Waals surface area contributed by atoms with Crippen LogP contribution in [0.5, 0.6) is 0 Å². The second-order valence-electron chi connectivity index (χ2n) is 2.67. The van der Waals surface area contributed by atoms with E-state index < -0.39 is 5.97 Å². The molecule has 0 unspecified atom stereocenters. The number of hydrogen-bond donors (Lipinski definition) is 1. The zero-order chi connectivity index (χ0) is 9.30. The van der Waals surface area contributed by atoms with Crippen LogP contribution in [0, 0.1) is 13.8 Å². The third-order valence-electron chi connectivity index (χ3n) is 1.82. The van der Waals surface area contributed by atoms with Crippen LogP contribution in [0.4, 0.5) is 0 Å². The Hall–Kier alpha value is -1.02. The van der Waals surface area contributed by atoms with Gasteiger partial charge in [-0.25, -0.2) is 4.79 Å². The summed E-state index contributed by atoms with van der Waals surface area (Å²) in [7, 11) is 0. The lowest BCUT2D eigenvalue weighted by atomic mass is 10.0. The van der Waals surface area contributed by atoms with Gasteiger partial charge < -0.3 is 5.11 Å². The molecule has 0 radical (unpaired) electrons. The summed E-state index contributed by atoms with van der Waals surface area (Å²) in [6.45, 7) is 3.46. The normalized spacial score (nSPS) is 9.92. The van der Waals surface area contributed by atoms with Crippen LogP contribution in [0.15, 0.2) is 12.1 Å². The minimum atomic E-state index is -0.924. The van der Waals surface area contributed by atoms with Crippen molar-refractivity contribution in [3.63, 3.8) is 0 Å². The highest BCUT2D eigenvalue weighted by molar-refractivity contribution is 6.31. The second kappa shape index (κ2) is 3.15. The molecule has 0 saturated carbocycles. The highest BCUT2D eigenvalue weighted by Gasteiger charge is 2.12. The molecule has 0 aliphatic heterocycles. The fraction of sp³-hybridized carbons (Fsp3) is 0.222. The van der Waals surface area contributed by atoms with Crippen LogP contribution in [0.2, 0.25) is 5.02 Å². The Bertz CT molecular complexity index is 332. The van der Waals surface area contributed by atoms with Gasteiger partial charge in [0.05, 0.1) is 5.56 Å². The van der Waals surface area contributed by atoms with Crippen LogP contribution in [0.25, 0.3) is 0 Å². The van der Waals surface area contributed by atoms with Gasteiger partial charge in [0.2, 0.25) is 0 Å². The third kappa shape index (κ3) is 1.43. The molecule has 0 saturated heterocycles. The van der Waals surface area contributed by atoms with Crippen LogP contribution in [-0.4, -0.2) is 11.1 Å². The van der Waals surface area contributed by atoms with Crippen molar-refractivity contribution in [1.82, 2.24) is 0 Å². The molecule has 3 heteroatoms. The van der Waals surface area contributed by atoms with Gasteiger partial charge in [-0.3, -0.25) is 0 Å². The maximum atomic E-state index is 10.7. The predicted molar refractivity (Wildman–Crippen MR) is 47.9 cm³/mol. The van der Waals surface area contributed by atoms with Crippen molar-refractivity contribution < 1.29 is 9.90 Å². The molecule has 0 heterocycles. The van der Waals surface area contributed by atoms with Crippen LogP contribution >= 0.6 is 11.6 Å². The maximum absolute atomic E-state index is 10.7. The Balaban J connectivity index is 3.43. The van der Waals surface area contributed by atoms with Gasteiger partial charge in [-0.15, -0.1) is 0 Å². The number of carboxylic acids is 1. The molecule has 0 amide bonds. The quantitative estimate of drug-likeness (QED) is 0.729. The first-order chi connectivity index (χ1) is 5.54. The highest BCUT2D eigenvalue weighted by atomic mass is 35.5. The molecule has 0 bridgehead atoms. The standard InChI is InChI=1S/C9H9ClO2/c1-5-3-4-7(10)6(2)8(5)9(11)12/h3-4H,1-2H3,(H,11,12). The monoisotopic (exact) mass is 184 g/mol. The van der Waals surface area contributed by atoms with Gasteiger partial charge in [0.15, 0.2) is 0 Å². The zero-order valence-corrected chi connectivity index (χ0v) is 7.64. The van der Waals surface area contributed by atoms with Gasteiger partial charge >= 0.3 is 5.97 Å². The highest BCUT2D eigenvalue weighted by Crippen LogP contribution is 2.21. The molecule has 1 rings (SSSR count). The average molecular weight is 185 g/mol. The van der Waals surface area contributed by atoms with Gasteiger partial charge in [-0.05, 0) is 31.0 Å².